The molecule has 0 fully saturated rings. The summed E-state index contributed by atoms with van der Waals surface area (Å²) >= 11 is 0. The first-order valence-corrected chi connectivity index (χ1v) is 24.1. The van der Waals surface area contributed by atoms with Gasteiger partial charge in [-0.1, -0.05) is 12.2 Å². The van der Waals surface area contributed by atoms with Crippen molar-refractivity contribution in [3.05, 3.63) is 25.3 Å². The minimum Gasteiger partial charge on any atom is -0.463 e. The van der Waals surface area contributed by atoms with E-state index in [1.807, 2.05) is 0 Å². The predicted molar refractivity (Wildman–Crippen MR) is 236 cm³/mol. The molecule has 0 aromatic rings. The first-order valence-electron chi connectivity index (χ1n) is 20.9. The van der Waals surface area contributed by atoms with Gasteiger partial charge in [0.15, 0.2) is 0 Å². The van der Waals surface area contributed by atoms with Gasteiger partial charge in [0.2, 0.25) is 0 Å². The molecule has 372 valence electrons. The Morgan fingerprint density at radius 1 is 0.609 bits per heavy atom. The fourth-order valence-electron chi connectivity index (χ4n) is 4.64. The van der Waals surface area contributed by atoms with Gasteiger partial charge in [0.25, 0.3) is 0 Å². The first-order chi connectivity index (χ1) is 29.8. The van der Waals surface area contributed by atoms with Crippen molar-refractivity contribution in [2.75, 3.05) is 78.7 Å². The quantitative estimate of drug-likeness (QED) is 0.0191. The number of phosphoric ester groups is 1. The standard InChI is InChI=1S/C40H74N4O18P2/c1-13-15-25-63(50,57-28-34(43-37(48)61-39(7,8)9)26-52-21-16-30(3)59-32(5)45)54-23-18-41-36(47)42-19-24-56-64(51,55-20-14-2)58-29-35(44-38(49)62-40(10,11)12)27-53-22-17-31(4)60-33(6)46/h13-14,30-31,34-35H,1-2,15-29H2,3-12H3,(H,43,48)(H,44,49)(H2,41,42,47)/t30-,31-,34-,35-,63?,64?/m1/s1. The zero-order valence-corrected chi connectivity index (χ0v) is 41.0. The van der Waals surface area contributed by atoms with Crippen LogP contribution in [0.15, 0.2) is 25.3 Å². The first kappa shape index (κ1) is 60.4. The van der Waals surface area contributed by atoms with Gasteiger partial charge in [-0.15, -0.1) is 13.2 Å². The molecular weight excluding hydrogens is 886 g/mol. The zero-order chi connectivity index (χ0) is 48.8. The van der Waals surface area contributed by atoms with Gasteiger partial charge < -0.3 is 58.7 Å². The van der Waals surface area contributed by atoms with Crippen molar-refractivity contribution in [1.82, 2.24) is 21.3 Å². The second-order valence-electron chi connectivity index (χ2n) is 16.1. The van der Waals surface area contributed by atoms with Crippen molar-refractivity contribution in [2.24, 2.45) is 0 Å². The van der Waals surface area contributed by atoms with Crippen LogP contribution >= 0.6 is 15.4 Å². The summed E-state index contributed by atoms with van der Waals surface area (Å²) < 4.78 is 86.9. The van der Waals surface area contributed by atoms with Crippen molar-refractivity contribution < 1.29 is 84.1 Å². The number of rotatable bonds is 34. The topological polar surface area (TPSA) is 269 Å². The molecule has 0 saturated carbocycles. The molecule has 22 nitrogen and oxygen atoms in total. The van der Waals surface area contributed by atoms with E-state index in [2.05, 4.69) is 34.4 Å². The Labute approximate surface area is 378 Å². The largest absolute Gasteiger partial charge is 0.475 e. The Bertz CT molecular complexity index is 1410. The van der Waals surface area contributed by atoms with Gasteiger partial charge in [0.1, 0.15) is 23.4 Å². The van der Waals surface area contributed by atoms with Gasteiger partial charge in [-0.3, -0.25) is 27.7 Å². The van der Waals surface area contributed by atoms with Crippen LogP contribution in [0.3, 0.4) is 0 Å². The number of phosphoric acid groups is 1. The zero-order valence-electron chi connectivity index (χ0n) is 39.2. The van der Waals surface area contributed by atoms with E-state index in [0.717, 1.165) is 0 Å². The van der Waals surface area contributed by atoms with Crippen molar-refractivity contribution in [1.29, 1.82) is 0 Å². The maximum absolute atomic E-state index is 13.7. The molecular formula is C40H74N4O18P2. The maximum Gasteiger partial charge on any atom is 0.475 e. The fourth-order valence-corrected chi connectivity index (χ4v) is 7.43. The lowest BCUT2D eigenvalue weighted by molar-refractivity contribution is -0.147. The number of ether oxygens (including phenoxy) is 6. The molecule has 0 heterocycles. The van der Waals surface area contributed by atoms with Crippen LogP contribution in [-0.4, -0.2) is 144 Å². The van der Waals surface area contributed by atoms with E-state index in [0.29, 0.717) is 12.8 Å². The molecule has 0 aromatic heterocycles. The third kappa shape index (κ3) is 34.8. The maximum atomic E-state index is 13.7. The number of alkyl carbamates (subject to hydrolysis) is 2. The molecule has 6 atom stereocenters. The molecule has 0 aliphatic carbocycles. The van der Waals surface area contributed by atoms with Gasteiger partial charge >= 0.3 is 45.6 Å². The number of amides is 4. The third-order valence-electron chi connectivity index (χ3n) is 7.33. The number of nitrogens with one attached hydrogen (secondary N) is 4. The van der Waals surface area contributed by atoms with Gasteiger partial charge in [0.05, 0.1) is 77.7 Å². The SMILES string of the molecule is C=CCCP(=O)(OCCNC(=O)NCCOP(=O)(OCC=C)OC[C@@H](COCC[C@@H](C)OC(C)=O)NC(=O)OC(C)(C)C)OC[C@@H](COCC[C@@H](C)OC(C)=O)NC(=O)OC(C)(C)C. The molecule has 0 bridgehead atoms. The Hall–Kier alpha value is -3.59. The van der Waals surface area contributed by atoms with Gasteiger partial charge in [-0.05, 0) is 61.8 Å². The second-order valence-corrected chi connectivity index (χ2v) is 20.0. The Kier molecular flexibility index (Phi) is 30.3. The van der Waals surface area contributed by atoms with Crippen LogP contribution in [0.1, 0.15) is 88.5 Å². The summed E-state index contributed by atoms with van der Waals surface area (Å²) in [6, 6.07) is -2.35. The molecule has 24 heteroatoms. The highest BCUT2D eigenvalue weighted by molar-refractivity contribution is 7.53. The van der Waals surface area contributed by atoms with Crippen LogP contribution in [0.25, 0.3) is 0 Å². The smallest absolute Gasteiger partial charge is 0.463 e. The van der Waals surface area contributed by atoms with E-state index in [9.17, 15) is 33.1 Å². The van der Waals surface area contributed by atoms with Crippen molar-refractivity contribution in [2.45, 2.75) is 124 Å². The highest BCUT2D eigenvalue weighted by atomic mass is 31.2. The third-order valence-corrected chi connectivity index (χ3v) is 10.7. The average Bonchev–Trinajstić information content (AvgIpc) is 3.16. The number of urea groups is 1. The van der Waals surface area contributed by atoms with E-state index >= 15 is 0 Å². The second kappa shape index (κ2) is 32.1. The Morgan fingerprint density at radius 2 is 1.06 bits per heavy atom. The van der Waals surface area contributed by atoms with Crippen LogP contribution < -0.4 is 21.3 Å². The lowest BCUT2D eigenvalue weighted by Crippen LogP contribution is -2.44. The molecule has 2 unspecified atom stereocenters. The number of hydrogen-bond donors (Lipinski definition) is 4. The van der Waals surface area contributed by atoms with Crippen LogP contribution in [0, 0.1) is 0 Å². The highest BCUT2D eigenvalue weighted by Gasteiger charge is 2.30. The lowest BCUT2D eigenvalue weighted by atomic mass is 10.2. The van der Waals surface area contributed by atoms with Gasteiger partial charge in [0, 0.05) is 39.8 Å². The lowest BCUT2D eigenvalue weighted by Gasteiger charge is -2.25. The highest BCUT2D eigenvalue weighted by Crippen LogP contribution is 2.50. The van der Waals surface area contributed by atoms with Crippen molar-refractivity contribution >= 4 is 45.6 Å². The average molecular weight is 961 g/mol. The van der Waals surface area contributed by atoms with Crippen LogP contribution in [0.2, 0.25) is 0 Å². The Balaban J connectivity index is 5.27. The summed E-state index contributed by atoms with van der Waals surface area (Å²) in [6.45, 7) is 21.9. The molecule has 0 aliphatic rings. The molecule has 0 saturated heterocycles. The summed E-state index contributed by atoms with van der Waals surface area (Å²) in [6.07, 6.45) is 1.54. The molecule has 4 amide bonds. The van der Waals surface area contributed by atoms with Crippen LogP contribution in [-0.2, 0) is 69.8 Å². The molecule has 0 aliphatic heterocycles. The van der Waals surface area contributed by atoms with Crippen molar-refractivity contribution in [3.63, 3.8) is 0 Å². The minimum absolute atomic E-state index is 0.0439. The fraction of sp³-hybridized carbons (Fsp3) is 0.775. The summed E-state index contributed by atoms with van der Waals surface area (Å²) in [5.74, 6) is -0.851. The van der Waals surface area contributed by atoms with Crippen LogP contribution in [0.5, 0.6) is 0 Å². The molecule has 4 N–H and O–H groups in total. The molecule has 0 radical (unpaired) electrons. The number of carbonyl (C=O) groups is 5. The molecule has 64 heavy (non-hydrogen) atoms. The summed E-state index contributed by atoms with van der Waals surface area (Å²) in [5, 5.41) is 10.3. The number of carbonyl (C=O) groups excluding carboxylic acids is 5. The van der Waals surface area contributed by atoms with E-state index < -0.39 is 81.6 Å². The molecule has 0 spiro atoms. The van der Waals surface area contributed by atoms with E-state index in [-0.39, 0.29) is 84.6 Å². The molecule has 0 aromatic carbocycles. The monoisotopic (exact) mass is 960 g/mol. The van der Waals surface area contributed by atoms with Gasteiger partial charge in [-0.2, -0.15) is 0 Å². The number of allylic oxidation sites excluding steroid dienone is 1. The van der Waals surface area contributed by atoms with E-state index in [4.69, 9.17) is 51.0 Å². The number of esters is 2. The number of hydrogen-bond acceptors (Lipinski definition) is 18. The van der Waals surface area contributed by atoms with Crippen LogP contribution in [0.4, 0.5) is 14.4 Å². The summed E-state index contributed by atoms with van der Waals surface area (Å²) in [7, 11) is -8.08. The Morgan fingerprint density at radius 3 is 1.48 bits per heavy atom. The molecule has 0 rings (SSSR count). The summed E-state index contributed by atoms with van der Waals surface area (Å²) in [5.41, 5.74) is -1.60. The normalized spacial score (nSPS) is 15.4. The minimum atomic E-state index is -4.28. The summed E-state index contributed by atoms with van der Waals surface area (Å²) in [4.78, 5) is 60.0. The van der Waals surface area contributed by atoms with E-state index in [1.54, 1.807) is 55.4 Å². The van der Waals surface area contributed by atoms with E-state index in [1.165, 1.54) is 26.0 Å². The van der Waals surface area contributed by atoms with Crippen molar-refractivity contribution in [3.8, 4) is 0 Å². The van der Waals surface area contributed by atoms with Gasteiger partial charge in [-0.25, -0.2) is 18.9 Å². The predicted octanol–water partition coefficient (Wildman–Crippen LogP) is 5.94.